The Balaban J connectivity index is 1.78. The van der Waals surface area contributed by atoms with E-state index in [-0.39, 0.29) is 18.0 Å². The fraction of sp³-hybridized carbons (Fsp3) is 0.103. The summed E-state index contributed by atoms with van der Waals surface area (Å²) in [7, 11) is 0. The number of pyridine rings is 1. The molecule has 0 bridgehead atoms. The minimum atomic E-state index is -1.03. The number of carbonyl (C=O) groups excluding carboxylic acids is 1. The first-order valence-corrected chi connectivity index (χ1v) is 12.5. The molecule has 4 aromatic rings. The molecule has 1 amide bonds. The first-order valence-electron chi connectivity index (χ1n) is 11.4. The number of carboxylic acid groups (broad SMARTS) is 1. The highest BCUT2D eigenvalue weighted by Gasteiger charge is 2.22. The van der Waals surface area contributed by atoms with Crippen LogP contribution in [0.2, 0.25) is 0 Å². The molecule has 1 aromatic heterocycles. The lowest BCUT2D eigenvalue weighted by molar-refractivity contribution is -0.138. The van der Waals surface area contributed by atoms with Crippen LogP contribution in [0, 0.1) is 0 Å². The van der Waals surface area contributed by atoms with Gasteiger partial charge in [0.15, 0.2) is 6.04 Å². The first-order chi connectivity index (χ1) is 17.6. The maximum absolute atomic E-state index is 12.9. The molecule has 0 radical (unpaired) electrons. The number of nitrogens with zero attached hydrogens (tertiary/aromatic N) is 2. The van der Waals surface area contributed by atoms with Crippen molar-refractivity contribution in [1.29, 1.82) is 0 Å². The number of hydrogen-bond acceptors (Lipinski definition) is 4. The summed E-state index contributed by atoms with van der Waals surface area (Å²) < 4.78 is 0. The number of aliphatic carboxylic acids is 1. The molecule has 3 aromatic carbocycles. The predicted octanol–water partition coefficient (Wildman–Crippen LogP) is 5.76. The van der Waals surface area contributed by atoms with Gasteiger partial charge in [0.2, 0.25) is 0 Å². The minimum Gasteiger partial charge on any atom is -0.480 e. The molecule has 2 N–H and O–H groups in total. The molecule has 0 aliphatic rings. The number of carboxylic acids is 1. The Morgan fingerprint density at radius 3 is 2.22 bits per heavy atom. The lowest BCUT2D eigenvalue weighted by Gasteiger charge is -2.17. The molecular weight excluding hydrogens is 518 g/mol. The molecule has 180 valence electrons. The van der Waals surface area contributed by atoms with Crippen LogP contribution in [-0.2, 0) is 16.5 Å². The van der Waals surface area contributed by atoms with Gasteiger partial charge in [-0.1, -0.05) is 94.8 Å². The molecule has 0 spiro atoms. The van der Waals surface area contributed by atoms with Gasteiger partial charge in [-0.25, -0.2) is 4.79 Å². The van der Waals surface area contributed by atoms with Crippen LogP contribution in [0.3, 0.4) is 0 Å². The molecule has 0 aliphatic heterocycles. The normalized spacial score (nSPS) is 12.1. The van der Waals surface area contributed by atoms with Crippen molar-refractivity contribution in [3.8, 4) is 0 Å². The van der Waals surface area contributed by atoms with Crippen LogP contribution in [0.1, 0.15) is 32.7 Å². The van der Waals surface area contributed by atoms with E-state index in [1.165, 1.54) is 0 Å². The quantitative estimate of drug-likeness (QED) is 0.208. The number of halogens is 1. The van der Waals surface area contributed by atoms with Crippen LogP contribution < -0.4 is 5.32 Å². The van der Waals surface area contributed by atoms with Gasteiger partial charge in [0.1, 0.15) is 5.69 Å². The van der Waals surface area contributed by atoms with Gasteiger partial charge >= 0.3 is 5.97 Å². The molecule has 1 atom stereocenters. The average Bonchev–Trinajstić information content (AvgIpc) is 2.92. The molecule has 0 saturated heterocycles. The van der Waals surface area contributed by atoms with Crippen LogP contribution in [0.5, 0.6) is 0 Å². The second-order valence-corrected chi connectivity index (χ2v) is 8.58. The Kier molecular flexibility index (Phi) is 8.36. The third kappa shape index (κ3) is 6.12. The van der Waals surface area contributed by atoms with Crippen LogP contribution in [-0.4, -0.2) is 33.7 Å². The third-order valence-corrected chi connectivity index (χ3v) is 6.22. The topological polar surface area (TPSA) is 91.7 Å². The van der Waals surface area contributed by atoms with Crippen LogP contribution in [0.25, 0.3) is 0 Å². The predicted molar refractivity (Wildman–Crippen MR) is 145 cm³/mol. The molecule has 0 saturated carbocycles. The van der Waals surface area contributed by atoms with Crippen LogP contribution >= 0.6 is 15.9 Å². The van der Waals surface area contributed by atoms with E-state index in [0.717, 1.165) is 16.7 Å². The highest BCUT2D eigenvalue weighted by molar-refractivity contribution is 9.08. The van der Waals surface area contributed by atoms with Gasteiger partial charge in [0, 0.05) is 29.1 Å². The van der Waals surface area contributed by atoms with Gasteiger partial charge in [0.05, 0.1) is 11.4 Å². The Morgan fingerprint density at radius 2 is 1.53 bits per heavy atom. The number of carbonyl (C=O) groups is 2. The molecule has 0 fully saturated rings. The highest BCUT2D eigenvalue weighted by Crippen LogP contribution is 2.23. The van der Waals surface area contributed by atoms with Gasteiger partial charge in [-0.2, -0.15) is 0 Å². The van der Waals surface area contributed by atoms with Crippen molar-refractivity contribution < 1.29 is 14.7 Å². The Labute approximate surface area is 217 Å². The van der Waals surface area contributed by atoms with Gasteiger partial charge in [0.25, 0.3) is 5.91 Å². The summed E-state index contributed by atoms with van der Waals surface area (Å²) in [6.45, 7) is 0. The van der Waals surface area contributed by atoms with E-state index in [1.54, 1.807) is 36.5 Å². The monoisotopic (exact) mass is 541 g/mol. The number of hydrogen-bond donors (Lipinski definition) is 2. The van der Waals surface area contributed by atoms with Crippen molar-refractivity contribution in [3.05, 3.63) is 131 Å². The number of anilines is 1. The Morgan fingerprint density at radius 1 is 0.861 bits per heavy atom. The Bertz CT molecular complexity index is 1370. The highest BCUT2D eigenvalue weighted by atomic mass is 79.9. The van der Waals surface area contributed by atoms with Crippen molar-refractivity contribution in [1.82, 2.24) is 4.98 Å². The molecule has 1 unspecified atom stereocenters. The SMILES string of the molecule is O=C(Nc1ccccc1C(=NC(Cc1ccccc1CBr)C(=O)O)c1ccccc1)c1ccccn1. The largest absolute Gasteiger partial charge is 0.480 e. The van der Waals surface area contributed by atoms with Crippen LogP contribution in [0.15, 0.2) is 108 Å². The molecule has 4 rings (SSSR count). The standard InChI is InChI=1S/C29H24BrN3O3/c30-19-22-13-5-4-12-21(22)18-26(29(35)36)32-27(20-10-2-1-3-11-20)23-14-6-7-15-24(23)33-28(34)25-16-8-9-17-31-25/h1-17,26H,18-19H2,(H,33,34)(H,35,36). The maximum Gasteiger partial charge on any atom is 0.328 e. The van der Waals surface area contributed by atoms with E-state index in [9.17, 15) is 14.7 Å². The number of aliphatic imine (C=N–C) groups is 1. The summed E-state index contributed by atoms with van der Waals surface area (Å²) in [6, 6.07) is 28.4. The van der Waals surface area contributed by atoms with Gasteiger partial charge in [-0.3, -0.25) is 14.8 Å². The number of alkyl halides is 1. The smallest absolute Gasteiger partial charge is 0.328 e. The lowest BCUT2D eigenvalue weighted by atomic mass is 9.98. The van der Waals surface area contributed by atoms with Crippen LogP contribution in [0.4, 0.5) is 5.69 Å². The number of para-hydroxylation sites is 1. The van der Waals surface area contributed by atoms with E-state index < -0.39 is 12.0 Å². The van der Waals surface area contributed by atoms with Crippen molar-refractivity contribution in [2.75, 3.05) is 5.32 Å². The number of amides is 1. The second kappa shape index (κ2) is 12.0. The third-order valence-electron chi connectivity index (χ3n) is 5.62. The van der Waals surface area contributed by atoms with Gasteiger partial charge in [-0.15, -0.1) is 0 Å². The van der Waals surface area contributed by atoms with E-state index in [4.69, 9.17) is 4.99 Å². The minimum absolute atomic E-state index is 0.232. The zero-order valence-electron chi connectivity index (χ0n) is 19.3. The molecule has 1 heterocycles. The molecule has 6 nitrogen and oxygen atoms in total. The van der Waals surface area contributed by atoms with Crippen molar-refractivity contribution in [3.63, 3.8) is 0 Å². The van der Waals surface area contributed by atoms with Gasteiger partial charge in [-0.05, 0) is 29.3 Å². The number of benzene rings is 3. The summed E-state index contributed by atoms with van der Waals surface area (Å²) in [4.78, 5) is 34.1. The van der Waals surface area contributed by atoms with E-state index in [1.807, 2.05) is 66.7 Å². The van der Waals surface area contributed by atoms with Crippen molar-refractivity contribution in [2.45, 2.75) is 17.8 Å². The van der Waals surface area contributed by atoms with E-state index in [0.29, 0.717) is 22.3 Å². The van der Waals surface area contributed by atoms with Crippen molar-refractivity contribution in [2.24, 2.45) is 4.99 Å². The average molecular weight is 542 g/mol. The Hall–Kier alpha value is -4.10. The van der Waals surface area contributed by atoms with E-state index in [2.05, 4.69) is 26.2 Å². The summed E-state index contributed by atoms with van der Waals surface area (Å²) >= 11 is 3.48. The lowest BCUT2D eigenvalue weighted by Crippen LogP contribution is -2.24. The molecule has 0 aliphatic carbocycles. The van der Waals surface area contributed by atoms with Gasteiger partial charge < -0.3 is 10.4 Å². The summed E-state index contributed by atoms with van der Waals surface area (Å²) in [6.07, 6.45) is 1.79. The molecular formula is C29H24BrN3O3. The number of rotatable bonds is 9. The zero-order valence-corrected chi connectivity index (χ0v) is 20.9. The molecule has 36 heavy (non-hydrogen) atoms. The summed E-state index contributed by atoms with van der Waals surface area (Å²) in [5.74, 6) is -1.39. The van der Waals surface area contributed by atoms with Crippen molar-refractivity contribution >= 4 is 39.2 Å². The maximum atomic E-state index is 12.9. The molecule has 7 heteroatoms. The zero-order chi connectivity index (χ0) is 25.3. The summed E-state index contributed by atoms with van der Waals surface area (Å²) in [5, 5.41) is 13.6. The summed E-state index contributed by atoms with van der Waals surface area (Å²) in [5.41, 5.74) is 4.57. The fourth-order valence-corrected chi connectivity index (χ4v) is 4.36. The fourth-order valence-electron chi connectivity index (χ4n) is 3.82. The number of nitrogens with one attached hydrogen (secondary N) is 1. The van der Waals surface area contributed by atoms with E-state index >= 15 is 0 Å². The second-order valence-electron chi connectivity index (χ2n) is 8.02. The number of aromatic nitrogens is 1. The first kappa shape index (κ1) is 25.0.